The third-order valence-corrected chi connectivity index (χ3v) is 10.7. The minimum absolute atomic E-state index is 0.0850. The minimum atomic E-state index is -5.04. The van der Waals surface area contributed by atoms with Gasteiger partial charge in [-0.1, -0.05) is 13.0 Å². The number of nitrogens with zero attached hydrogens (tertiary/aromatic N) is 7. The van der Waals surface area contributed by atoms with E-state index in [2.05, 4.69) is 25.2 Å². The molecule has 2 unspecified atom stereocenters. The second-order valence-corrected chi connectivity index (χ2v) is 14.5. The molecule has 254 valence electrons. The van der Waals surface area contributed by atoms with E-state index in [0.717, 1.165) is 48.3 Å². The molecular weight excluding hydrogens is 665 g/mol. The molecular formula is C33H30F5N9OS. The van der Waals surface area contributed by atoms with Crippen molar-refractivity contribution in [2.75, 3.05) is 48.3 Å². The zero-order chi connectivity index (χ0) is 34.4. The molecule has 10 nitrogen and oxygen atoms in total. The molecule has 3 N–H and O–H groups in total. The van der Waals surface area contributed by atoms with Crippen molar-refractivity contribution in [3.05, 3.63) is 53.4 Å². The van der Waals surface area contributed by atoms with Gasteiger partial charge in [-0.3, -0.25) is 0 Å². The van der Waals surface area contributed by atoms with Crippen LogP contribution in [0.4, 0.5) is 38.7 Å². The number of anilines is 3. The fraction of sp³-hybridized carbons (Fsp3) is 0.394. The Morgan fingerprint density at radius 3 is 2.53 bits per heavy atom. The van der Waals surface area contributed by atoms with Crippen molar-refractivity contribution in [3.63, 3.8) is 0 Å². The molecule has 3 fully saturated rings. The van der Waals surface area contributed by atoms with Crippen molar-refractivity contribution < 1.29 is 26.7 Å². The maximum absolute atomic E-state index is 17.0. The van der Waals surface area contributed by atoms with Crippen LogP contribution in [-0.4, -0.2) is 64.4 Å². The Bertz CT molecular complexity index is 2170. The van der Waals surface area contributed by atoms with E-state index in [-0.39, 0.29) is 73.1 Å². The number of thiophene rings is 1. The molecule has 2 bridgehead atoms. The van der Waals surface area contributed by atoms with Crippen LogP contribution in [0.2, 0.25) is 0 Å². The normalized spacial score (nSPS) is 20.2. The summed E-state index contributed by atoms with van der Waals surface area (Å²) in [4.78, 5) is 17.3. The van der Waals surface area contributed by atoms with Crippen molar-refractivity contribution in [1.29, 1.82) is 5.26 Å². The van der Waals surface area contributed by atoms with Crippen molar-refractivity contribution in [3.8, 4) is 23.2 Å². The van der Waals surface area contributed by atoms with Gasteiger partial charge in [0.15, 0.2) is 5.82 Å². The first-order chi connectivity index (χ1) is 23.3. The molecule has 2 atom stereocenters. The monoisotopic (exact) mass is 695 g/mol. The molecule has 5 aromatic rings. The summed E-state index contributed by atoms with van der Waals surface area (Å²) in [6, 6.07) is 4.73. The van der Waals surface area contributed by atoms with Gasteiger partial charge in [0.2, 0.25) is 5.95 Å². The molecule has 0 radical (unpaired) electrons. The number of ether oxygens (including phenoxy) is 1. The van der Waals surface area contributed by atoms with Gasteiger partial charge in [-0.15, -0.1) is 11.3 Å². The summed E-state index contributed by atoms with van der Waals surface area (Å²) in [5.74, 6) is -1.11. The van der Waals surface area contributed by atoms with Crippen molar-refractivity contribution in [1.82, 2.24) is 24.8 Å². The number of aromatic nitrogens is 4. The van der Waals surface area contributed by atoms with E-state index in [9.17, 15) is 22.8 Å². The lowest BCUT2D eigenvalue weighted by molar-refractivity contribution is -0.137. The van der Waals surface area contributed by atoms with Crippen molar-refractivity contribution in [2.24, 2.45) is 12.5 Å². The maximum Gasteiger partial charge on any atom is 0.417 e. The zero-order valence-electron chi connectivity index (χ0n) is 26.4. The zero-order valence-corrected chi connectivity index (χ0v) is 27.2. The van der Waals surface area contributed by atoms with Gasteiger partial charge in [0, 0.05) is 79.5 Å². The molecule has 3 aliphatic rings. The number of nitrogens with one attached hydrogen (secondary N) is 1. The molecule has 8 rings (SSSR count). The number of fused-ring (bicyclic) bond motifs is 4. The average Bonchev–Trinajstić information content (AvgIpc) is 3.73. The van der Waals surface area contributed by atoms with Gasteiger partial charge in [-0.25, -0.2) is 13.8 Å². The van der Waals surface area contributed by atoms with Crippen LogP contribution in [0.1, 0.15) is 30.9 Å². The fourth-order valence-electron chi connectivity index (χ4n) is 7.47. The van der Waals surface area contributed by atoms with Crippen LogP contribution in [0, 0.1) is 28.4 Å². The maximum atomic E-state index is 17.0. The summed E-state index contributed by atoms with van der Waals surface area (Å²) in [6.07, 6.45) is 0.331. The predicted octanol–water partition coefficient (Wildman–Crippen LogP) is 5.84. The molecule has 2 aromatic carbocycles. The van der Waals surface area contributed by atoms with E-state index >= 15 is 4.39 Å². The first-order valence-corrected chi connectivity index (χ1v) is 16.5. The highest BCUT2D eigenvalue weighted by atomic mass is 32.1. The number of rotatable bonds is 6. The fourth-order valence-corrected chi connectivity index (χ4v) is 8.42. The van der Waals surface area contributed by atoms with Crippen LogP contribution in [0.3, 0.4) is 0 Å². The summed E-state index contributed by atoms with van der Waals surface area (Å²) in [7, 11) is 1.90. The molecule has 49 heavy (non-hydrogen) atoms. The van der Waals surface area contributed by atoms with Crippen LogP contribution < -0.4 is 25.6 Å². The molecule has 3 saturated heterocycles. The topological polar surface area (TPSA) is 121 Å². The van der Waals surface area contributed by atoms with E-state index in [1.807, 2.05) is 35.7 Å². The molecule has 0 spiro atoms. The number of alkyl halides is 3. The van der Waals surface area contributed by atoms with E-state index in [1.54, 1.807) is 6.20 Å². The number of halogens is 5. The molecule has 0 saturated carbocycles. The SMILES string of the molecule is Cn1ccnc1N1CC(C)(COc2nc(N3CC4CCC(C3)N4)c3cc(C(F)(F)F)c(-c4ccc(F)c5sc(N)c(C#N)c45)c(F)c3n2)C1. The van der Waals surface area contributed by atoms with E-state index in [0.29, 0.717) is 26.2 Å². The number of benzene rings is 2. The van der Waals surface area contributed by atoms with Gasteiger partial charge in [0.25, 0.3) is 0 Å². The Balaban J connectivity index is 1.28. The van der Waals surface area contributed by atoms with Gasteiger partial charge in [0.05, 0.1) is 15.8 Å². The first-order valence-electron chi connectivity index (χ1n) is 15.7. The lowest BCUT2D eigenvalue weighted by atomic mass is 9.83. The first kappa shape index (κ1) is 31.5. The molecule has 0 amide bonds. The number of nitrogens with two attached hydrogens (primary N) is 1. The second kappa shape index (κ2) is 11.1. The Morgan fingerprint density at radius 2 is 1.88 bits per heavy atom. The minimum Gasteiger partial charge on any atom is -0.463 e. The Morgan fingerprint density at radius 1 is 1.14 bits per heavy atom. The molecule has 6 heterocycles. The molecule has 0 aliphatic carbocycles. The van der Waals surface area contributed by atoms with Gasteiger partial charge in [0.1, 0.15) is 34.8 Å². The van der Waals surface area contributed by atoms with Crippen LogP contribution in [-0.2, 0) is 13.2 Å². The van der Waals surface area contributed by atoms with Crippen LogP contribution >= 0.6 is 11.3 Å². The largest absolute Gasteiger partial charge is 0.463 e. The highest BCUT2D eigenvalue weighted by Gasteiger charge is 2.42. The summed E-state index contributed by atoms with van der Waals surface area (Å²) in [5, 5.41) is 12.9. The highest BCUT2D eigenvalue weighted by Crippen LogP contribution is 2.48. The van der Waals surface area contributed by atoms with Gasteiger partial charge < -0.3 is 30.2 Å². The smallest absolute Gasteiger partial charge is 0.417 e. The molecule has 16 heteroatoms. The third kappa shape index (κ3) is 5.18. The van der Waals surface area contributed by atoms with Gasteiger partial charge in [-0.2, -0.15) is 28.4 Å². The molecule has 3 aliphatic heterocycles. The summed E-state index contributed by atoms with van der Waals surface area (Å²) in [6.45, 7) is 4.36. The lowest BCUT2D eigenvalue weighted by Gasteiger charge is -2.47. The van der Waals surface area contributed by atoms with E-state index < -0.39 is 28.9 Å². The number of aryl methyl sites for hydroxylation is 1. The number of piperazine rings is 1. The number of hydrogen-bond donors (Lipinski definition) is 2. The van der Waals surface area contributed by atoms with E-state index in [4.69, 9.17) is 10.5 Å². The number of nitrogen functional groups attached to an aromatic ring is 1. The van der Waals surface area contributed by atoms with Gasteiger partial charge in [-0.05, 0) is 30.5 Å². The average molecular weight is 696 g/mol. The quantitative estimate of drug-likeness (QED) is 0.211. The van der Waals surface area contributed by atoms with Crippen LogP contribution in [0.25, 0.3) is 32.1 Å². The van der Waals surface area contributed by atoms with Crippen molar-refractivity contribution >= 4 is 49.1 Å². The lowest BCUT2D eigenvalue weighted by Crippen LogP contribution is -2.58. The summed E-state index contributed by atoms with van der Waals surface area (Å²) < 4.78 is 84.6. The highest BCUT2D eigenvalue weighted by molar-refractivity contribution is 7.23. The number of imidazole rings is 1. The van der Waals surface area contributed by atoms with Crippen molar-refractivity contribution in [2.45, 2.75) is 38.0 Å². The van der Waals surface area contributed by atoms with E-state index in [1.165, 1.54) is 0 Å². The van der Waals surface area contributed by atoms with Gasteiger partial charge >= 0.3 is 12.2 Å². The second-order valence-electron chi connectivity index (χ2n) is 13.4. The summed E-state index contributed by atoms with van der Waals surface area (Å²) in [5.41, 5.74) is 2.58. The third-order valence-electron chi connectivity index (χ3n) is 9.68. The molecule has 3 aromatic heterocycles. The summed E-state index contributed by atoms with van der Waals surface area (Å²) >= 11 is 0.718. The standard InChI is InChI=1S/C33H30F5N9OS/c1-32(13-47(14-32)31-41-7-8-45(31)2)15-48-30-43-26-19(29(44-30)46-11-16-3-4-17(12-46)42-16)9-21(33(36,37)38)24(25(26)35)18-5-6-22(34)27-23(18)20(10-39)28(40)49-27/h5-9,16-17,42H,3-4,11-15,40H2,1-2H3. The Labute approximate surface area is 280 Å². The van der Waals surface area contributed by atoms with Crippen LogP contribution in [0.15, 0.2) is 30.6 Å². The number of nitriles is 1. The van der Waals surface area contributed by atoms with Crippen LogP contribution in [0.5, 0.6) is 6.01 Å². The predicted molar refractivity (Wildman–Crippen MR) is 176 cm³/mol. The Hall–Kier alpha value is -4.75. The Kier molecular flexibility index (Phi) is 7.16. The number of hydrogen-bond acceptors (Lipinski definition) is 10.